The second kappa shape index (κ2) is 8.69. The van der Waals surface area contributed by atoms with Crippen LogP contribution in [0.4, 0.5) is 11.4 Å². The molecule has 0 aliphatic heterocycles. The van der Waals surface area contributed by atoms with Gasteiger partial charge in [-0.05, 0) is 49.6 Å². The molecule has 1 aliphatic carbocycles. The van der Waals surface area contributed by atoms with Gasteiger partial charge in [0.2, 0.25) is 5.91 Å². The van der Waals surface area contributed by atoms with Gasteiger partial charge >= 0.3 is 5.97 Å². The Morgan fingerprint density at radius 2 is 1.64 bits per heavy atom. The van der Waals surface area contributed by atoms with Crippen molar-refractivity contribution in [1.29, 1.82) is 0 Å². The van der Waals surface area contributed by atoms with Crippen molar-refractivity contribution in [2.75, 3.05) is 10.6 Å². The SMILES string of the molecule is Cc1ccccc1NC(=O)c1cccc(NC(=O)[C@H]2CCCC[C@@H]2C(=O)O)c1. The topological polar surface area (TPSA) is 95.5 Å². The van der Waals surface area contributed by atoms with Gasteiger partial charge in [0.05, 0.1) is 11.8 Å². The average molecular weight is 380 g/mol. The summed E-state index contributed by atoms with van der Waals surface area (Å²) in [6, 6.07) is 14.1. The molecule has 0 heterocycles. The lowest BCUT2D eigenvalue weighted by atomic mass is 9.78. The summed E-state index contributed by atoms with van der Waals surface area (Å²) in [5.74, 6) is -2.70. The molecule has 1 aliphatic rings. The predicted molar refractivity (Wildman–Crippen MR) is 107 cm³/mol. The van der Waals surface area contributed by atoms with E-state index in [2.05, 4.69) is 10.6 Å². The molecule has 0 radical (unpaired) electrons. The highest BCUT2D eigenvalue weighted by atomic mass is 16.4. The molecule has 0 bridgehead atoms. The minimum atomic E-state index is -0.925. The molecule has 6 nitrogen and oxygen atoms in total. The summed E-state index contributed by atoms with van der Waals surface area (Å²) in [6.07, 6.45) is 2.76. The highest BCUT2D eigenvalue weighted by Gasteiger charge is 2.35. The standard InChI is InChI=1S/C22H24N2O4/c1-14-7-2-5-12-19(14)24-20(25)15-8-6-9-16(13-15)23-21(26)17-10-3-4-11-18(17)22(27)28/h2,5-9,12-13,17-18H,3-4,10-11H2,1H3,(H,23,26)(H,24,25)(H,27,28)/t17-,18-/m0/s1. The number of nitrogens with one attached hydrogen (secondary N) is 2. The number of carbonyl (C=O) groups is 3. The van der Waals surface area contributed by atoms with Crippen molar-refractivity contribution in [3.63, 3.8) is 0 Å². The van der Waals surface area contributed by atoms with Gasteiger partial charge in [-0.2, -0.15) is 0 Å². The highest BCUT2D eigenvalue weighted by molar-refractivity contribution is 6.05. The smallest absolute Gasteiger partial charge is 0.307 e. The summed E-state index contributed by atoms with van der Waals surface area (Å²) in [4.78, 5) is 36.6. The minimum absolute atomic E-state index is 0.272. The zero-order chi connectivity index (χ0) is 20.1. The van der Waals surface area contributed by atoms with Crippen molar-refractivity contribution in [2.24, 2.45) is 11.8 Å². The van der Waals surface area contributed by atoms with Crippen molar-refractivity contribution < 1.29 is 19.5 Å². The number of hydrogen-bond donors (Lipinski definition) is 3. The van der Waals surface area contributed by atoms with Gasteiger partial charge in [-0.15, -0.1) is 0 Å². The first kappa shape index (κ1) is 19.6. The van der Waals surface area contributed by atoms with E-state index in [9.17, 15) is 19.5 Å². The summed E-state index contributed by atoms with van der Waals surface area (Å²) in [7, 11) is 0. The third-order valence-corrected chi connectivity index (χ3v) is 5.21. The summed E-state index contributed by atoms with van der Waals surface area (Å²) in [6.45, 7) is 1.91. The average Bonchev–Trinajstić information content (AvgIpc) is 2.70. The number of hydrogen-bond acceptors (Lipinski definition) is 3. The van der Waals surface area contributed by atoms with Crippen LogP contribution in [0, 0.1) is 18.8 Å². The van der Waals surface area contributed by atoms with Crippen LogP contribution in [0.1, 0.15) is 41.6 Å². The monoisotopic (exact) mass is 380 g/mol. The fourth-order valence-corrected chi connectivity index (χ4v) is 3.62. The molecule has 0 saturated heterocycles. The number of rotatable bonds is 5. The molecule has 2 aromatic rings. The van der Waals surface area contributed by atoms with Gasteiger partial charge < -0.3 is 15.7 Å². The molecule has 3 N–H and O–H groups in total. The Labute approximate surface area is 164 Å². The van der Waals surface area contributed by atoms with Crippen molar-refractivity contribution in [2.45, 2.75) is 32.6 Å². The van der Waals surface area contributed by atoms with Crippen LogP contribution in [-0.4, -0.2) is 22.9 Å². The number of benzene rings is 2. The lowest BCUT2D eigenvalue weighted by Crippen LogP contribution is -2.36. The lowest BCUT2D eigenvalue weighted by Gasteiger charge is -2.27. The van der Waals surface area contributed by atoms with Gasteiger partial charge in [0.1, 0.15) is 0 Å². The molecule has 2 amide bonds. The number of aryl methyl sites for hydroxylation is 1. The lowest BCUT2D eigenvalue weighted by molar-refractivity contribution is -0.147. The largest absolute Gasteiger partial charge is 0.481 e. The summed E-state index contributed by atoms with van der Waals surface area (Å²) < 4.78 is 0. The number of para-hydroxylation sites is 1. The minimum Gasteiger partial charge on any atom is -0.481 e. The predicted octanol–water partition coefficient (Wildman–Crippen LogP) is 4.08. The Balaban J connectivity index is 1.70. The Hall–Kier alpha value is -3.15. The second-order valence-electron chi connectivity index (χ2n) is 7.17. The quantitative estimate of drug-likeness (QED) is 0.728. The Bertz CT molecular complexity index is 894. The zero-order valence-electron chi connectivity index (χ0n) is 15.8. The summed E-state index contributed by atoms with van der Waals surface area (Å²) >= 11 is 0. The fourth-order valence-electron chi connectivity index (χ4n) is 3.62. The normalized spacial score (nSPS) is 18.9. The van der Waals surface area contributed by atoms with Gasteiger partial charge in [0.15, 0.2) is 0 Å². The highest BCUT2D eigenvalue weighted by Crippen LogP contribution is 2.31. The molecule has 2 atom stereocenters. The second-order valence-corrected chi connectivity index (χ2v) is 7.17. The fraction of sp³-hybridized carbons (Fsp3) is 0.318. The molecule has 3 rings (SSSR count). The maximum absolute atomic E-state index is 12.6. The number of carboxylic acids is 1. The number of carboxylic acid groups (broad SMARTS) is 1. The molecule has 6 heteroatoms. The third kappa shape index (κ3) is 4.57. The van der Waals surface area contributed by atoms with Crippen LogP contribution in [0.5, 0.6) is 0 Å². The van der Waals surface area contributed by atoms with Crippen molar-refractivity contribution in [1.82, 2.24) is 0 Å². The van der Waals surface area contributed by atoms with E-state index in [1.54, 1.807) is 24.3 Å². The van der Waals surface area contributed by atoms with E-state index in [-0.39, 0.29) is 11.8 Å². The number of carbonyl (C=O) groups excluding carboxylic acids is 2. The van der Waals surface area contributed by atoms with Crippen LogP contribution >= 0.6 is 0 Å². The molecule has 1 saturated carbocycles. The molecule has 0 unspecified atom stereocenters. The number of anilines is 2. The van der Waals surface area contributed by atoms with Crippen LogP contribution in [0.2, 0.25) is 0 Å². The van der Waals surface area contributed by atoms with E-state index in [0.29, 0.717) is 24.1 Å². The molecule has 1 fully saturated rings. The maximum Gasteiger partial charge on any atom is 0.307 e. The van der Waals surface area contributed by atoms with E-state index < -0.39 is 17.8 Å². The van der Waals surface area contributed by atoms with E-state index in [1.165, 1.54) is 0 Å². The first-order valence-corrected chi connectivity index (χ1v) is 9.46. The van der Waals surface area contributed by atoms with Crippen molar-refractivity contribution in [3.05, 3.63) is 59.7 Å². The Morgan fingerprint density at radius 1 is 0.929 bits per heavy atom. The van der Waals surface area contributed by atoms with E-state index in [1.807, 2.05) is 31.2 Å². The van der Waals surface area contributed by atoms with Crippen molar-refractivity contribution in [3.8, 4) is 0 Å². The molecular weight excluding hydrogens is 356 g/mol. The number of amides is 2. The van der Waals surface area contributed by atoms with Crippen LogP contribution in [-0.2, 0) is 9.59 Å². The molecular formula is C22H24N2O4. The molecule has 0 spiro atoms. The Morgan fingerprint density at radius 3 is 2.36 bits per heavy atom. The van der Waals surface area contributed by atoms with Gasteiger partial charge in [0.25, 0.3) is 5.91 Å². The zero-order valence-corrected chi connectivity index (χ0v) is 15.8. The van der Waals surface area contributed by atoms with E-state index in [4.69, 9.17) is 0 Å². The van der Waals surface area contributed by atoms with Gasteiger partial charge in [-0.1, -0.05) is 37.1 Å². The summed E-state index contributed by atoms with van der Waals surface area (Å²) in [5, 5.41) is 15.0. The first-order chi connectivity index (χ1) is 13.5. The molecule has 0 aromatic heterocycles. The van der Waals surface area contributed by atoms with Crippen LogP contribution in [0.25, 0.3) is 0 Å². The third-order valence-electron chi connectivity index (χ3n) is 5.21. The first-order valence-electron chi connectivity index (χ1n) is 9.46. The molecule has 2 aromatic carbocycles. The van der Waals surface area contributed by atoms with Crippen molar-refractivity contribution >= 4 is 29.2 Å². The maximum atomic E-state index is 12.6. The van der Waals surface area contributed by atoms with Crippen LogP contribution in [0.15, 0.2) is 48.5 Å². The van der Waals surface area contributed by atoms with E-state index >= 15 is 0 Å². The van der Waals surface area contributed by atoms with Crippen LogP contribution in [0.3, 0.4) is 0 Å². The van der Waals surface area contributed by atoms with E-state index in [0.717, 1.165) is 24.1 Å². The molecule has 28 heavy (non-hydrogen) atoms. The van der Waals surface area contributed by atoms with Crippen LogP contribution < -0.4 is 10.6 Å². The van der Waals surface area contributed by atoms with Gasteiger partial charge in [-0.25, -0.2) is 0 Å². The Kier molecular flexibility index (Phi) is 6.09. The summed E-state index contributed by atoms with van der Waals surface area (Å²) in [5.41, 5.74) is 2.59. The van der Waals surface area contributed by atoms with Gasteiger partial charge in [-0.3, -0.25) is 14.4 Å². The van der Waals surface area contributed by atoms with Gasteiger partial charge in [0, 0.05) is 16.9 Å². The number of aliphatic carboxylic acids is 1. The molecule has 146 valence electrons.